The first-order valence-corrected chi connectivity index (χ1v) is 5.52. The molecule has 1 aromatic heterocycles. The minimum atomic E-state index is -3.15. The number of hydrogen-bond acceptors (Lipinski definition) is 6. The van der Waals surface area contributed by atoms with E-state index >= 15 is 0 Å². The molecule has 1 aliphatic heterocycles. The summed E-state index contributed by atoms with van der Waals surface area (Å²) < 4.78 is 19.6. The Morgan fingerprint density at radius 3 is 2.70 bits per heavy atom. The van der Waals surface area contributed by atoms with Crippen LogP contribution < -0.4 is 11.2 Å². The molecule has 20 heavy (non-hydrogen) atoms. The SMILES string of the molecule is C#Cc1cn([C@]2(F)O[C@H](CO)[C@@H](O)[C@H]2O)c(=O)[nH]c1=O. The molecule has 2 rings (SSSR count). The Morgan fingerprint density at radius 2 is 2.20 bits per heavy atom. The number of halogens is 1. The molecule has 0 spiro atoms. The normalized spacial score (nSPS) is 33.0. The number of aromatic amines is 1. The second kappa shape index (κ2) is 4.84. The fourth-order valence-corrected chi connectivity index (χ4v) is 1.91. The number of rotatable bonds is 2. The number of alkyl halides is 1. The Hall–Kier alpha value is -1.99. The molecule has 0 unspecified atom stereocenters. The lowest BCUT2D eigenvalue weighted by atomic mass is 10.1. The minimum absolute atomic E-state index is 0.229. The van der Waals surface area contributed by atoms with Gasteiger partial charge in [0.15, 0.2) is 6.10 Å². The summed E-state index contributed by atoms with van der Waals surface area (Å²) in [5.41, 5.74) is -2.48. The number of aliphatic hydroxyl groups is 3. The Morgan fingerprint density at radius 1 is 1.55 bits per heavy atom. The van der Waals surface area contributed by atoms with Crippen molar-refractivity contribution < 1.29 is 24.4 Å². The smallest absolute Gasteiger partial charge is 0.332 e. The largest absolute Gasteiger partial charge is 0.394 e. The van der Waals surface area contributed by atoms with E-state index in [1.54, 1.807) is 4.98 Å². The summed E-state index contributed by atoms with van der Waals surface area (Å²) in [6, 6.07) is 0. The van der Waals surface area contributed by atoms with E-state index in [0.29, 0.717) is 6.20 Å². The minimum Gasteiger partial charge on any atom is -0.394 e. The highest BCUT2D eigenvalue weighted by Gasteiger charge is 2.57. The molecule has 0 aliphatic carbocycles. The van der Waals surface area contributed by atoms with Gasteiger partial charge in [0.1, 0.15) is 17.8 Å². The Kier molecular flexibility index (Phi) is 3.49. The summed E-state index contributed by atoms with van der Waals surface area (Å²) in [4.78, 5) is 24.7. The van der Waals surface area contributed by atoms with E-state index in [-0.39, 0.29) is 10.1 Å². The number of nitrogens with zero attached hydrogens (tertiary/aromatic N) is 1. The Labute approximate surface area is 111 Å². The van der Waals surface area contributed by atoms with Gasteiger partial charge in [0.25, 0.3) is 5.56 Å². The van der Waals surface area contributed by atoms with Gasteiger partial charge in [0, 0.05) is 6.20 Å². The van der Waals surface area contributed by atoms with Gasteiger partial charge in [-0.15, -0.1) is 6.42 Å². The van der Waals surface area contributed by atoms with Crippen LogP contribution in [0.1, 0.15) is 5.56 Å². The van der Waals surface area contributed by atoms with Crippen LogP contribution in [0.2, 0.25) is 0 Å². The van der Waals surface area contributed by atoms with Crippen molar-refractivity contribution in [3.63, 3.8) is 0 Å². The van der Waals surface area contributed by atoms with Gasteiger partial charge in [-0.25, -0.2) is 9.36 Å². The van der Waals surface area contributed by atoms with Crippen molar-refractivity contribution in [2.45, 2.75) is 24.3 Å². The molecule has 4 N–H and O–H groups in total. The number of ether oxygens (including phenoxy) is 1. The van der Waals surface area contributed by atoms with Crippen molar-refractivity contribution >= 4 is 0 Å². The fraction of sp³-hybridized carbons (Fsp3) is 0.455. The van der Waals surface area contributed by atoms with E-state index in [1.165, 1.54) is 0 Å². The zero-order valence-electron chi connectivity index (χ0n) is 9.99. The van der Waals surface area contributed by atoms with E-state index in [4.69, 9.17) is 11.5 Å². The van der Waals surface area contributed by atoms with Crippen LogP contribution in [0.25, 0.3) is 0 Å². The van der Waals surface area contributed by atoms with Crippen molar-refractivity contribution in [1.82, 2.24) is 9.55 Å². The zero-order valence-corrected chi connectivity index (χ0v) is 9.99. The van der Waals surface area contributed by atoms with Crippen molar-refractivity contribution in [3.05, 3.63) is 32.6 Å². The maximum Gasteiger partial charge on any atom is 0.332 e. The molecule has 1 aliphatic rings. The summed E-state index contributed by atoms with van der Waals surface area (Å²) in [5.74, 6) is -1.22. The molecule has 2 heterocycles. The van der Waals surface area contributed by atoms with E-state index in [2.05, 4.69) is 4.74 Å². The number of aliphatic hydroxyl groups excluding tert-OH is 3. The number of aromatic nitrogens is 2. The van der Waals surface area contributed by atoms with Gasteiger partial charge < -0.3 is 20.1 Å². The van der Waals surface area contributed by atoms with Gasteiger partial charge in [-0.05, 0) is 0 Å². The van der Waals surface area contributed by atoms with Crippen LogP contribution in [0.3, 0.4) is 0 Å². The quantitative estimate of drug-likeness (QED) is 0.436. The Balaban J connectivity index is 2.60. The third-order valence-corrected chi connectivity index (χ3v) is 2.99. The van der Waals surface area contributed by atoms with Crippen LogP contribution in [0, 0.1) is 12.3 Å². The molecule has 0 amide bonds. The Bertz CT molecular complexity index is 677. The topological polar surface area (TPSA) is 125 Å². The maximum atomic E-state index is 14.7. The maximum absolute atomic E-state index is 14.7. The molecule has 0 saturated carbocycles. The zero-order chi connectivity index (χ0) is 15.1. The first kappa shape index (κ1) is 14.4. The van der Waals surface area contributed by atoms with Crippen LogP contribution in [0.4, 0.5) is 4.39 Å². The molecule has 4 atom stereocenters. The van der Waals surface area contributed by atoms with Crippen molar-refractivity contribution in [3.8, 4) is 12.3 Å². The van der Waals surface area contributed by atoms with Gasteiger partial charge in [-0.2, -0.15) is 4.39 Å². The third-order valence-electron chi connectivity index (χ3n) is 2.99. The van der Waals surface area contributed by atoms with Crippen molar-refractivity contribution in [2.75, 3.05) is 6.61 Å². The van der Waals surface area contributed by atoms with Gasteiger partial charge in [-0.1, -0.05) is 5.92 Å². The highest BCUT2D eigenvalue weighted by Crippen LogP contribution is 2.35. The molecule has 0 aromatic carbocycles. The molecule has 8 nitrogen and oxygen atoms in total. The van der Waals surface area contributed by atoms with E-state index in [1.807, 2.05) is 5.92 Å². The predicted octanol–water partition coefficient (Wildman–Crippen LogP) is -2.79. The second-order valence-corrected chi connectivity index (χ2v) is 4.20. The van der Waals surface area contributed by atoms with Crippen LogP contribution in [-0.2, 0) is 10.7 Å². The first-order chi connectivity index (χ1) is 9.35. The average molecular weight is 286 g/mol. The lowest BCUT2D eigenvalue weighted by Crippen LogP contribution is -2.49. The highest BCUT2D eigenvalue weighted by molar-refractivity contribution is 5.26. The molecule has 0 radical (unpaired) electrons. The van der Waals surface area contributed by atoms with E-state index in [0.717, 1.165) is 0 Å². The van der Waals surface area contributed by atoms with Gasteiger partial charge in [-0.3, -0.25) is 9.78 Å². The van der Waals surface area contributed by atoms with E-state index in [9.17, 15) is 24.2 Å². The summed E-state index contributed by atoms with van der Waals surface area (Å²) in [6.07, 6.45) is 0.394. The first-order valence-electron chi connectivity index (χ1n) is 5.52. The molecule has 0 bridgehead atoms. The molecular formula is C11H11FN2O6. The average Bonchev–Trinajstić information content (AvgIpc) is 2.64. The predicted molar refractivity (Wildman–Crippen MR) is 62.3 cm³/mol. The van der Waals surface area contributed by atoms with Crippen molar-refractivity contribution in [2.24, 2.45) is 0 Å². The number of terminal acetylenes is 1. The summed E-state index contributed by atoms with van der Waals surface area (Å²) >= 11 is 0. The molecule has 9 heteroatoms. The lowest BCUT2D eigenvalue weighted by molar-refractivity contribution is -0.239. The molecular weight excluding hydrogens is 275 g/mol. The molecule has 1 aromatic rings. The third kappa shape index (κ3) is 1.95. The number of H-pyrrole nitrogens is 1. The van der Waals surface area contributed by atoms with Gasteiger partial charge >= 0.3 is 11.7 Å². The number of nitrogens with one attached hydrogen (secondary N) is 1. The van der Waals surface area contributed by atoms with Crippen LogP contribution in [0.15, 0.2) is 15.8 Å². The monoisotopic (exact) mass is 286 g/mol. The van der Waals surface area contributed by atoms with Gasteiger partial charge in [0.05, 0.1) is 6.61 Å². The van der Waals surface area contributed by atoms with Crippen molar-refractivity contribution in [1.29, 1.82) is 0 Å². The van der Waals surface area contributed by atoms with Gasteiger partial charge in [0.2, 0.25) is 0 Å². The molecule has 108 valence electrons. The highest BCUT2D eigenvalue weighted by atomic mass is 19.2. The van der Waals surface area contributed by atoms with Crippen LogP contribution in [-0.4, -0.2) is 49.8 Å². The summed E-state index contributed by atoms with van der Waals surface area (Å²) in [7, 11) is 0. The number of hydrogen-bond donors (Lipinski definition) is 4. The summed E-state index contributed by atoms with van der Waals surface area (Å²) in [5, 5.41) is 28.1. The lowest BCUT2D eigenvalue weighted by Gasteiger charge is -2.24. The standard InChI is InChI=1S/C11H11FN2O6/c1-2-5-3-14(10(19)13-9(5)18)11(12)8(17)7(16)6(4-15)20-11/h1,3,6-8,15-17H,4H2,(H,13,18,19)/t6-,7-,8-,11+/m1/s1. The van der Waals surface area contributed by atoms with Crippen LogP contribution in [0.5, 0.6) is 0 Å². The second-order valence-electron chi connectivity index (χ2n) is 4.20. The van der Waals surface area contributed by atoms with E-state index < -0.39 is 42.1 Å². The molecule has 1 fully saturated rings. The summed E-state index contributed by atoms with van der Waals surface area (Å²) in [6.45, 7) is -0.774. The molecule has 1 saturated heterocycles. The fourth-order valence-electron chi connectivity index (χ4n) is 1.91. The van der Waals surface area contributed by atoms with Crippen LogP contribution >= 0.6 is 0 Å².